The Morgan fingerprint density at radius 3 is 2.52 bits per heavy atom. The van der Waals surface area contributed by atoms with Gasteiger partial charge in [-0.05, 0) is 30.3 Å². The van der Waals surface area contributed by atoms with Crippen molar-refractivity contribution in [2.24, 2.45) is 7.05 Å². The molecule has 6 heteroatoms. The predicted octanol–water partition coefficient (Wildman–Crippen LogP) is 2.19. The zero-order valence-electron chi connectivity index (χ0n) is 11.4. The first-order valence-electron chi connectivity index (χ1n) is 6.57. The Labute approximate surface area is 120 Å². The summed E-state index contributed by atoms with van der Waals surface area (Å²) in [7, 11) is 1.93. The summed E-state index contributed by atoms with van der Waals surface area (Å²) in [5, 5.41) is 12.9. The Morgan fingerprint density at radius 1 is 0.905 bits per heavy atom. The molecule has 0 aliphatic rings. The van der Waals surface area contributed by atoms with Gasteiger partial charge in [-0.3, -0.25) is 0 Å². The van der Waals surface area contributed by atoms with Gasteiger partial charge in [0.25, 0.3) is 0 Å². The Hall–Kier alpha value is -3.02. The van der Waals surface area contributed by atoms with Crippen LogP contribution in [-0.4, -0.2) is 29.4 Å². The fourth-order valence-corrected chi connectivity index (χ4v) is 2.34. The number of imidazole rings is 1. The second-order valence-electron chi connectivity index (χ2n) is 4.74. The van der Waals surface area contributed by atoms with Crippen molar-refractivity contribution in [1.82, 2.24) is 29.4 Å². The third-order valence-corrected chi connectivity index (χ3v) is 3.40. The predicted molar refractivity (Wildman–Crippen MR) is 78.4 cm³/mol. The van der Waals surface area contributed by atoms with Crippen molar-refractivity contribution in [2.75, 3.05) is 0 Å². The summed E-state index contributed by atoms with van der Waals surface area (Å²) in [5.41, 5.74) is 3.47. The van der Waals surface area contributed by atoms with Gasteiger partial charge in [-0.1, -0.05) is 6.07 Å². The Bertz CT molecular complexity index is 903. The molecule has 0 saturated heterocycles. The van der Waals surface area contributed by atoms with Crippen molar-refractivity contribution in [3.63, 3.8) is 0 Å². The highest BCUT2D eigenvalue weighted by Gasteiger charge is 2.09. The molecule has 21 heavy (non-hydrogen) atoms. The second-order valence-corrected chi connectivity index (χ2v) is 4.74. The third kappa shape index (κ3) is 1.88. The number of aromatic nitrogens is 6. The van der Waals surface area contributed by atoms with Crippen molar-refractivity contribution in [1.29, 1.82) is 0 Å². The number of pyridine rings is 1. The number of nitrogens with zero attached hydrogens (tertiary/aromatic N) is 6. The van der Waals surface area contributed by atoms with Crippen molar-refractivity contribution in [3.8, 4) is 22.9 Å². The standard InChI is InChI=1S/C15H12N6/c1-20-10-9-16-15(20)13-6-5-12(18-19-13)14-4-2-3-11-7-8-17-21(11)14/h2-10H,1H3. The first-order chi connectivity index (χ1) is 10.3. The van der Waals surface area contributed by atoms with Gasteiger partial charge in [-0.2, -0.15) is 5.10 Å². The zero-order chi connectivity index (χ0) is 14.2. The monoisotopic (exact) mass is 276 g/mol. The molecule has 0 saturated carbocycles. The van der Waals surface area contributed by atoms with Gasteiger partial charge in [0.05, 0.1) is 17.4 Å². The van der Waals surface area contributed by atoms with Gasteiger partial charge in [0, 0.05) is 19.4 Å². The molecule has 4 rings (SSSR count). The summed E-state index contributed by atoms with van der Waals surface area (Å²) in [5.74, 6) is 0.798. The van der Waals surface area contributed by atoms with Crippen LogP contribution in [-0.2, 0) is 7.05 Å². The molecule has 0 fully saturated rings. The smallest absolute Gasteiger partial charge is 0.160 e. The highest BCUT2D eigenvalue weighted by Crippen LogP contribution is 2.20. The van der Waals surface area contributed by atoms with E-state index in [9.17, 15) is 0 Å². The third-order valence-electron chi connectivity index (χ3n) is 3.40. The Kier molecular flexibility index (Phi) is 2.53. The summed E-state index contributed by atoms with van der Waals surface area (Å²) in [6, 6.07) is 11.8. The molecule has 4 heterocycles. The summed E-state index contributed by atoms with van der Waals surface area (Å²) in [6.45, 7) is 0. The van der Waals surface area contributed by atoms with E-state index in [0.29, 0.717) is 0 Å². The highest BCUT2D eigenvalue weighted by molar-refractivity contribution is 5.62. The van der Waals surface area contributed by atoms with Crippen molar-refractivity contribution >= 4 is 5.52 Å². The van der Waals surface area contributed by atoms with Gasteiger partial charge in [0.1, 0.15) is 11.4 Å². The molecular formula is C15H12N6. The number of fused-ring (bicyclic) bond motifs is 1. The number of rotatable bonds is 2. The normalized spacial score (nSPS) is 11.1. The molecule has 0 amide bonds. The van der Waals surface area contributed by atoms with E-state index in [1.807, 2.05) is 58.7 Å². The van der Waals surface area contributed by atoms with Crippen LogP contribution in [0, 0.1) is 0 Å². The van der Waals surface area contributed by atoms with E-state index in [0.717, 1.165) is 28.4 Å². The van der Waals surface area contributed by atoms with E-state index in [1.165, 1.54) is 0 Å². The summed E-state index contributed by atoms with van der Waals surface area (Å²) < 4.78 is 3.77. The minimum atomic E-state index is 0.749. The molecule has 4 aromatic heterocycles. The fraction of sp³-hybridized carbons (Fsp3) is 0.0667. The van der Waals surface area contributed by atoms with Crippen LogP contribution in [0.1, 0.15) is 0 Å². The SMILES string of the molecule is Cn1ccnc1-c1ccc(-c2cccc3ccnn23)nn1. The quantitative estimate of drug-likeness (QED) is 0.563. The van der Waals surface area contributed by atoms with E-state index in [1.54, 1.807) is 12.4 Å². The topological polar surface area (TPSA) is 60.9 Å². The van der Waals surface area contributed by atoms with Crippen molar-refractivity contribution in [3.05, 3.63) is 55.0 Å². The van der Waals surface area contributed by atoms with Crippen LogP contribution in [0.5, 0.6) is 0 Å². The molecule has 0 aliphatic carbocycles. The molecule has 6 nitrogen and oxygen atoms in total. The minimum Gasteiger partial charge on any atom is -0.333 e. The van der Waals surface area contributed by atoms with Crippen LogP contribution < -0.4 is 0 Å². The summed E-state index contributed by atoms with van der Waals surface area (Å²) in [4.78, 5) is 4.27. The minimum absolute atomic E-state index is 0.749. The van der Waals surface area contributed by atoms with E-state index in [4.69, 9.17) is 0 Å². The largest absolute Gasteiger partial charge is 0.333 e. The van der Waals surface area contributed by atoms with Gasteiger partial charge >= 0.3 is 0 Å². The molecule has 0 atom stereocenters. The van der Waals surface area contributed by atoms with E-state index < -0.39 is 0 Å². The van der Waals surface area contributed by atoms with Gasteiger partial charge in [-0.15, -0.1) is 10.2 Å². The lowest BCUT2D eigenvalue weighted by Crippen LogP contribution is -1.99. The fourth-order valence-electron chi connectivity index (χ4n) is 2.34. The number of hydrogen-bond donors (Lipinski definition) is 0. The highest BCUT2D eigenvalue weighted by atomic mass is 15.2. The first-order valence-corrected chi connectivity index (χ1v) is 6.57. The maximum absolute atomic E-state index is 4.31. The maximum atomic E-state index is 4.31. The van der Waals surface area contributed by atoms with Crippen LogP contribution in [0.25, 0.3) is 28.4 Å². The van der Waals surface area contributed by atoms with Gasteiger partial charge in [0.15, 0.2) is 5.82 Å². The lowest BCUT2D eigenvalue weighted by atomic mass is 10.2. The lowest BCUT2D eigenvalue weighted by Gasteiger charge is -2.05. The molecule has 0 unspecified atom stereocenters. The lowest BCUT2D eigenvalue weighted by molar-refractivity contribution is 0.900. The van der Waals surface area contributed by atoms with Crippen LogP contribution in [0.3, 0.4) is 0 Å². The molecule has 102 valence electrons. The Balaban J connectivity index is 1.80. The van der Waals surface area contributed by atoms with Crippen LogP contribution >= 0.6 is 0 Å². The average molecular weight is 276 g/mol. The van der Waals surface area contributed by atoms with Crippen LogP contribution in [0.15, 0.2) is 55.0 Å². The summed E-state index contributed by atoms with van der Waals surface area (Å²) >= 11 is 0. The molecule has 0 aliphatic heterocycles. The number of hydrogen-bond acceptors (Lipinski definition) is 4. The van der Waals surface area contributed by atoms with Crippen molar-refractivity contribution in [2.45, 2.75) is 0 Å². The van der Waals surface area contributed by atoms with Gasteiger partial charge in [-0.25, -0.2) is 9.50 Å². The van der Waals surface area contributed by atoms with Gasteiger partial charge < -0.3 is 4.57 Å². The van der Waals surface area contributed by atoms with E-state index in [2.05, 4.69) is 20.3 Å². The number of aryl methyl sites for hydroxylation is 1. The molecule has 0 N–H and O–H groups in total. The molecule has 4 aromatic rings. The summed E-state index contributed by atoms with van der Waals surface area (Å²) in [6.07, 6.45) is 5.40. The molecule has 0 aromatic carbocycles. The maximum Gasteiger partial charge on any atom is 0.160 e. The average Bonchev–Trinajstić information content (AvgIpc) is 3.15. The van der Waals surface area contributed by atoms with Crippen LogP contribution in [0.4, 0.5) is 0 Å². The van der Waals surface area contributed by atoms with E-state index >= 15 is 0 Å². The van der Waals surface area contributed by atoms with Gasteiger partial charge in [0.2, 0.25) is 0 Å². The molecule has 0 spiro atoms. The molecular weight excluding hydrogens is 264 g/mol. The Morgan fingerprint density at radius 2 is 1.76 bits per heavy atom. The molecule has 0 radical (unpaired) electrons. The molecule has 0 bridgehead atoms. The second kappa shape index (κ2) is 4.52. The zero-order valence-corrected chi connectivity index (χ0v) is 11.4. The van der Waals surface area contributed by atoms with E-state index in [-0.39, 0.29) is 0 Å². The first kappa shape index (κ1) is 11.8. The van der Waals surface area contributed by atoms with Crippen LogP contribution in [0.2, 0.25) is 0 Å². The van der Waals surface area contributed by atoms with Crippen molar-refractivity contribution < 1.29 is 0 Å².